The van der Waals surface area contributed by atoms with Gasteiger partial charge in [-0.25, -0.2) is 9.78 Å². The molecule has 2 N–H and O–H groups in total. The minimum Gasteiger partial charge on any atom is -0.460 e. The molecule has 0 aromatic carbocycles. The highest BCUT2D eigenvalue weighted by Gasteiger charge is 2.38. The van der Waals surface area contributed by atoms with Gasteiger partial charge in [-0.1, -0.05) is 51.2 Å². The summed E-state index contributed by atoms with van der Waals surface area (Å²) in [6.07, 6.45) is 9.81. The molecule has 1 saturated heterocycles. The van der Waals surface area contributed by atoms with Crippen LogP contribution in [0.5, 0.6) is 0 Å². The summed E-state index contributed by atoms with van der Waals surface area (Å²) in [5, 5.41) is 13.3. The lowest BCUT2D eigenvalue weighted by atomic mass is 9.92. The number of esters is 1. The second kappa shape index (κ2) is 14.0. The van der Waals surface area contributed by atoms with Gasteiger partial charge >= 0.3 is 5.97 Å². The summed E-state index contributed by atoms with van der Waals surface area (Å²) in [7, 11) is 0. The fourth-order valence-corrected chi connectivity index (χ4v) is 4.71. The van der Waals surface area contributed by atoms with Crippen LogP contribution in [0.4, 0.5) is 0 Å². The van der Waals surface area contributed by atoms with Gasteiger partial charge in [-0.2, -0.15) is 0 Å². The number of rotatable bonds is 2. The summed E-state index contributed by atoms with van der Waals surface area (Å²) in [5.74, 6) is -1.44. The average Bonchev–Trinajstić information content (AvgIpc) is 3.54. The Kier molecular flexibility index (Phi) is 10.7. The van der Waals surface area contributed by atoms with Gasteiger partial charge in [-0.15, -0.1) is 0 Å². The lowest BCUT2D eigenvalue weighted by molar-refractivity contribution is -0.158. The number of fused-ring (bicyclic) bond motifs is 3. The van der Waals surface area contributed by atoms with Crippen LogP contribution in [0.1, 0.15) is 56.4 Å². The van der Waals surface area contributed by atoms with Crippen LogP contribution in [0.2, 0.25) is 0 Å². The van der Waals surface area contributed by atoms with Gasteiger partial charge in [-0.3, -0.25) is 14.4 Å². The van der Waals surface area contributed by atoms with Crippen LogP contribution < -0.4 is 5.32 Å². The number of amides is 1. The van der Waals surface area contributed by atoms with Gasteiger partial charge in [0.2, 0.25) is 5.89 Å². The SMILES string of the molecule is CC(C)[C@H]1OC(=O)[C@H]2CCCN2C(=O)c2coc(n2)CC(=O)C[C@H](O)/C=C/C=C/CNC/C(C=O)=C\[C@H]1C. The van der Waals surface area contributed by atoms with E-state index in [1.165, 1.54) is 17.2 Å². The Hall–Kier alpha value is -3.37. The maximum absolute atomic E-state index is 13.2. The highest BCUT2D eigenvalue weighted by molar-refractivity contribution is 5.95. The van der Waals surface area contributed by atoms with Crippen LogP contribution in [-0.4, -0.2) is 76.8 Å². The van der Waals surface area contributed by atoms with Crippen LogP contribution in [0.15, 0.2) is 46.6 Å². The van der Waals surface area contributed by atoms with Crippen molar-refractivity contribution in [3.05, 3.63) is 53.8 Å². The number of aldehydes is 1. The second-order valence-electron chi connectivity index (χ2n) is 10.1. The number of ketones is 1. The standard InChI is InChI=1S/C28H37N3O7/c1-18(2)26-19(3)12-20(16-32)15-29-10-6-4-5-8-21(33)13-22(34)14-25-30-23(17-37-25)27(35)31-11-7-9-24(31)28(36)38-26/h4-6,8,12,16-19,21,24,26,29,33H,7,9-11,13-15H2,1-3H3/b6-4+,8-5+,20-12+/t19-,21-,24-,26-/m1/s1. The minimum atomic E-state index is -0.978. The number of Topliss-reactive ketones (excluding diaryl/α,β-unsaturated/α-hetero) is 1. The van der Waals surface area contributed by atoms with Crippen molar-refractivity contribution in [2.75, 3.05) is 19.6 Å². The van der Waals surface area contributed by atoms with E-state index >= 15 is 0 Å². The van der Waals surface area contributed by atoms with E-state index in [9.17, 15) is 24.3 Å². The van der Waals surface area contributed by atoms with Crippen LogP contribution in [0.25, 0.3) is 0 Å². The molecule has 2 aliphatic rings. The molecule has 4 atom stereocenters. The first-order valence-corrected chi connectivity index (χ1v) is 13.0. The van der Waals surface area contributed by atoms with E-state index in [0.29, 0.717) is 38.0 Å². The summed E-state index contributed by atoms with van der Waals surface area (Å²) in [6.45, 7) is 6.98. The highest BCUT2D eigenvalue weighted by atomic mass is 16.5. The summed E-state index contributed by atoms with van der Waals surface area (Å²) >= 11 is 0. The maximum Gasteiger partial charge on any atom is 0.329 e. The van der Waals surface area contributed by atoms with Crippen molar-refractivity contribution >= 4 is 23.9 Å². The number of nitrogens with zero attached hydrogens (tertiary/aromatic N) is 2. The van der Waals surface area contributed by atoms with Gasteiger partial charge in [0.05, 0.1) is 12.5 Å². The van der Waals surface area contributed by atoms with Gasteiger partial charge in [0.1, 0.15) is 30.5 Å². The number of carbonyl (C=O) groups is 4. The van der Waals surface area contributed by atoms with Gasteiger partial charge in [0, 0.05) is 37.5 Å². The summed E-state index contributed by atoms with van der Waals surface area (Å²) in [5.41, 5.74) is 0.547. The number of aliphatic hydroxyl groups excluding tert-OH is 1. The number of aliphatic hydroxyl groups is 1. The molecule has 0 radical (unpaired) electrons. The van der Waals surface area contributed by atoms with Crippen LogP contribution >= 0.6 is 0 Å². The molecule has 1 aromatic heterocycles. The number of carbonyl (C=O) groups excluding carboxylic acids is 4. The number of hydrogen-bond donors (Lipinski definition) is 2. The molecule has 1 aromatic rings. The smallest absolute Gasteiger partial charge is 0.329 e. The van der Waals surface area contributed by atoms with Crippen LogP contribution in [0, 0.1) is 11.8 Å². The number of ether oxygens (including phenoxy) is 1. The predicted molar refractivity (Wildman–Crippen MR) is 139 cm³/mol. The van der Waals surface area contributed by atoms with Crippen LogP contribution in [0.3, 0.4) is 0 Å². The summed E-state index contributed by atoms with van der Waals surface area (Å²) in [4.78, 5) is 56.0. The molecular formula is C28H37N3O7. The molecule has 0 aliphatic carbocycles. The number of nitrogens with one attached hydrogen (secondary N) is 1. The first kappa shape index (κ1) is 29.2. The predicted octanol–water partition coefficient (Wildman–Crippen LogP) is 2.19. The second-order valence-corrected chi connectivity index (χ2v) is 10.1. The molecule has 2 bridgehead atoms. The molecule has 0 saturated carbocycles. The molecule has 3 heterocycles. The number of hydrogen-bond acceptors (Lipinski definition) is 9. The molecule has 1 fully saturated rings. The van der Waals surface area contributed by atoms with Gasteiger partial charge < -0.3 is 24.5 Å². The van der Waals surface area contributed by atoms with E-state index in [4.69, 9.17) is 9.15 Å². The largest absolute Gasteiger partial charge is 0.460 e. The lowest BCUT2D eigenvalue weighted by Crippen LogP contribution is -2.44. The van der Waals surface area contributed by atoms with Gasteiger partial charge in [-0.05, 0) is 18.8 Å². The fourth-order valence-electron chi connectivity index (χ4n) is 4.71. The molecule has 2 aliphatic heterocycles. The fraction of sp³-hybridized carbons (Fsp3) is 0.536. The summed E-state index contributed by atoms with van der Waals surface area (Å²) < 4.78 is 11.3. The van der Waals surface area contributed by atoms with Crippen molar-refractivity contribution in [2.24, 2.45) is 11.8 Å². The molecule has 0 spiro atoms. The number of oxazole rings is 1. The zero-order chi connectivity index (χ0) is 27.7. The Bertz CT molecular complexity index is 1090. The zero-order valence-electron chi connectivity index (χ0n) is 22.2. The Morgan fingerprint density at radius 3 is 2.76 bits per heavy atom. The number of aromatic nitrogens is 1. The Balaban J connectivity index is 1.85. The molecule has 1 amide bonds. The van der Waals surface area contributed by atoms with Gasteiger partial charge in [0.15, 0.2) is 5.69 Å². The monoisotopic (exact) mass is 527 g/mol. The molecule has 10 nitrogen and oxygen atoms in total. The topological polar surface area (TPSA) is 139 Å². The molecule has 3 rings (SSSR count). The third-order valence-corrected chi connectivity index (χ3v) is 6.57. The lowest BCUT2D eigenvalue weighted by Gasteiger charge is -2.29. The number of cyclic esters (lactones) is 1. The molecule has 10 heteroatoms. The van der Waals surface area contributed by atoms with Crippen molar-refractivity contribution in [1.82, 2.24) is 15.2 Å². The first-order chi connectivity index (χ1) is 18.2. The maximum atomic E-state index is 13.2. The Labute approximate surface area is 222 Å². The van der Waals surface area contributed by atoms with Crippen molar-refractivity contribution < 1.29 is 33.4 Å². The van der Waals surface area contributed by atoms with Crippen molar-refractivity contribution in [2.45, 2.75) is 64.7 Å². The molecule has 206 valence electrons. The van der Waals surface area contributed by atoms with Gasteiger partial charge in [0.25, 0.3) is 5.91 Å². The highest BCUT2D eigenvalue weighted by Crippen LogP contribution is 2.25. The third-order valence-electron chi connectivity index (χ3n) is 6.57. The number of allylic oxidation sites excluding steroid dienone is 2. The van der Waals surface area contributed by atoms with Crippen molar-refractivity contribution in [3.63, 3.8) is 0 Å². The van der Waals surface area contributed by atoms with E-state index < -0.39 is 30.1 Å². The van der Waals surface area contributed by atoms with Crippen molar-refractivity contribution in [1.29, 1.82) is 0 Å². The van der Waals surface area contributed by atoms with E-state index in [-0.39, 0.29) is 42.0 Å². The van der Waals surface area contributed by atoms with E-state index in [1.54, 1.807) is 18.2 Å². The molecule has 38 heavy (non-hydrogen) atoms. The quantitative estimate of drug-likeness (QED) is 0.438. The van der Waals surface area contributed by atoms with E-state index in [2.05, 4.69) is 10.3 Å². The van der Waals surface area contributed by atoms with Crippen LogP contribution in [-0.2, 0) is 25.5 Å². The third kappa shape index (κ3) is 8.06. The summed E-state index contributed by atoms with van der Waals surface area (Å²) in [6, 6.07) is -0.760. The normalized spacial score (nSPS) is 29.8. The molecular weight excluding hydrogens is 490 g/mol. The zero-order valence-corrected chi connectivity index (χ0v) is 22.2. The van der Waals surface area contributed by atoms with E-state index in [1.807, 2.05) is 26.8 Å². The minimum absolute atomic E-state index is 0.0105. The Morgan fingerprint density at radius 2 is 2.03 bits per heavy atom. The average molecular weight is 528 g/mol. The van der Waals surface area contributed by atoms with E-state index in [0.717, 1.165) is 6.29 Å². The Morgan fingerprint density at radius 1 is 1.24 bits per heavy atom. The van der Waals surface area contributed by atoms with Crippen molar-refractivity contribution in [3.8, 4) is 0 Å². The molecule has 0 unspecified atom stereocenters. The first-order valence-electron chi connectivity index (χ1n) is 13.0.